The summed E-state index contributed by atoms with van der Waals surface area (Å²) in [5.41, 5.74) is 0. The van der Waals surface area contributed by atoms with Crippen LogP contribution in [-0.4, -0.2) is 23.3 Å². The van der Waals surface area contributed by atoms with Crippen LogP contribution in [0.15, 0.2) is 0 Å². The number of carbonyl (C=O) groups is 1. The van der Waals surface area contributed by atoms with Crippen molar-refractivity contribution in [2.75, 3.05) is 0 Å². The van der Waals surface area contributed by atoms with Gasteiger partial charge in [-0.15, -0.1) is 0 Å². The van der Waals surface area contributed by atoms with Crippen LogP contribution in [0, 0.1) is 0 Å². The van der Waals surface area contributed by atoms with Gasteiger partial charge in [-0.3, -0.25) is 0 Å². The lowest BCUT2D eigenvalue weighted by molar-refractivity contribution is -0.158. The molecule has 1 atom stereocenters. The lowest BCUT2D eigenvalue weighted by Crippen LogP contribution is -2.32. The first-order chi connectivity index (χ1) is 6.24. The molecule has 0 aliphatic heterocycles. The van der Waals surface area contributed by atoms with Gasteiger partial charge in [-0.1, -0.05) is 19.8 Å². The van der Waals surface area contributed by atoms with E-state index in [1.807, 2.05) is 0 Å². The van der Waals surface area contributed by atoms with Crippen LogP contribution in [-0.2, 0) is 9.53 Å². The summed E-state index contributed by atoms with van der Waals surface area (Å²) in [6.07, 6.45) is 5.53. The van der Waals surface area contributed by atoms with Crippen molar-refractivity contribution in [2.24, 2.45) is 0 Å². The molecule has 1 aliphatic carbocycles. The molecule has 1 N–H and O–H groups in total. The average molecular weight is 186 g/mol. The van der Waals surface area contributed by atoms with Gasteiger partial charge in [0.2, 0.25) is 0 Å². The van der Waals surface area contributed by atoms with Gasteiger partial charge >= 0.3 is 5.97 Å². The summed E-state index contributed by atoms with van der Waals surface area (Å²) >= 11 is 0. The molecule has 13 heavy (non-hydrogen) atoms. The van der Waals surface area contributed by atoms with Crippen molar-refractivity contribution in [3.05, 3.63) is 0 Å². The normalized spacial score (nSPS) is 19.5. The van der Waals surface area contributed by atoms with Crippen molar-refractivity contribution in [3.8, 4) is 0 Å². The van der Waals surface area contributed by atoms with E-state index >= 15 is 0 Å². The number of rotatable bonds is 6. The van der Waals surface area contributed by atoms with Gasteiger partial charge in [0.05, 0.1) is 6.10 Å². The summed E-state index contributed by atoms with van der Waals surface area (Å²) in [5.74, 6) is -0.805. The third kappa shape index (κ3) is 3.35. The number of ether oxygens (including phenoxy) is 1. The molecule has 0 heterocycles. The molecule has 1 unspecified atom stereocenters. The van der Waals surface area contributed by atoms with Gasteiger partial charge in [0.1, 0.15) is 0 Å². The lowest BCUT2D eigenvalue weighted by atomic mass is 9.96. The maximum atomic E-state index is 10.8. The Hall–Kier alpha value is -0.570. The molecule has 0 spiro atoms. The van der Waals surface area contributed by atoms with E-state index in [-0.39, 0.29) is 6.10 Å². The molecule has 0 aromatic carbocycles. The first kappa shape index (κ1) is 10.5. The number of carboxylic acid groups (broad SMARTS) is 1. The van der Waals surface area contributed by atoms with Gasteiger partial charge in [0.15, 0.2) is 6.10 Å². The predicted octanol–water partition coefficient (Wildman–Crippen LogP) is 2.20. The van der Waals surface area contributed by atoms with Gasteiger partial charge in [-0.2, -0.15) is 0 Å². The largest absolute Gasteiger partial charge is 0.479 e. The van der Waals surface area contributed by atoms with Crippen LogP contribution in [0.1, 0.15) is 45.4 Å². The fourth-order valence-corrected chi connectivity index (χ4v) is 1.38. The summed E-state index contributed by atoms with van der Waals surface area (Å²) < 4.78 is 5.45. The predicted molar refractivity (Wildman–Crippen MR) is 49.7 cm³/mol. The summed E-state index contributed by atoms with van der Waals surface area (Å²) in [5, 5.41) is 8.84. The molecule has 1 aliphatic rings. The summed E-state index contributed by atoms with van der Waals surface area (Å²) in [6.45, 7) is 2.06. The van der Waals surface area contributed by atoms with Crippen molar-refractivity contribution in [1.29, 1.82) is 0 Å². The molecule has 0 radical (unpaired) electrons. The highest BCUT2D eigenvalue weighted by molar-refractivity contribution is 5.72. The maximum Gasteiger partial charge on any atom is 0.332 e. The minimum atomic E-state index is -0.805. The highest BCUT2D eigenvalue weighted by atomic mass is 16.5. The van der Waals surface area contributed by atoms with Crippen LogP contribution in [0.2, 0.25) is 0 Å². The number of unbranched alkanes of at least 4 members (excludes halogenated alkanes) is 1. The molecule has 3 nitrogen and oxygen atoms in total. The van der Waals surface area contributed by atoms with Crippen molar-refractivity contribution in [3.63, 3.8) is 0 Å². The zero-order valence-electron chi connectivity index (χ0n) is 8.16. The van der Waals surface area contributed by atoms with Crippen LogP contribution >= 0.6 is 0 Å². The van der Waals surface area contributed by atoms with E-state index in [2.05, 4.69) is 6.92 Å². The number of hydrogen-bond acceptors (Lipinski definition) is 2. The summed E-state index contributed by atoms with van der Waals surface area (Å²) in [6, 6.07) is 0. The molecule has 1 fully saturated rings. The molecule has 1 rings (SSSR count). The smallest absolute Gasteiger partial charge is 0.332 e. The Labute approximate surface area is 79.1 Å². The van der Waals surface area contributed by atoms with E-state index < -0.39 is 12.1 Å². The van der Waals surface area contributed by atoms with Crippen LogP contribution in [0.4, 0.5) is 0 Å². The van der Waals surface area contributed by atoms with Gasteiger partial charge in [-0.25, -0.2) is 4.79 Å². The maximum absolute atomic E-state index is 10.8. The number of hydrogen-bond donors (Lipinski definition) is 1. The SMILES string of the molecule is CCCCC(OC1CCC1)C(=O)O. The summed E-state index contributed by atoms with van der Waals surface area (Å²) in [7, 11) is 0. The van der Waals surface area contributed by atoms with Crippen LogP contribution in [0.25, 0.3) is 0 Å². The average Bonchev–Trinajstić information content (AvgIpc) is 2.01. The Morgan fingerprint density at radius 2 is 2.31 bits per heavy atom. The second-order valence-corrected chi connectivity index (χ2v) is 3.66. The van der Waals surface area contributed by atoms with E-state index in [1.165, 1.54) is 6.42 Å². The first-order valence-electron chi connectivity index (χ1n) is 5.12. The van der Waals surface area contributed by atoms with Crippen LogP contribution in [0.5, 0.6) is 0 Å². The molecule has 0 aromatic rings. The molecule has 1 saturated carbocycles. The highest BCUT2D eigenvalue weighted by Crippen LogP contribution is 2.24. The van der Waals surface area contributed by atoms with Gasteiger partial charge in [0, 0.05) is 0 Å². The Morgan fingerprint density at radius 1 is 1.62 bits per heavy atom. The Balaban J connectivity index is 2.23. The van der Waals surface area contributed by atoms with Gasteiger partial charge in [0.25, 0.3) is 0 Å². The fourth-order valence-electron chi connectivity index (χ4n) is 1.38. The minimum Gasteiger partial charge on any atom is -0.479 e. The van der Waals surface area contributed by atoms with Crippen LogP contribution < -0.4 is 0 Å². The lowest BCUT2D eigenvalue weighted by Gasteiger charge is -2.28. The molecule has 0 saturated heterocycles. The zero-order valence-corrected chi connectivity index (χ0v) is 8.16. The second kappa shape index (κ2) is 5.22. The van der Waals surface area contributed by atoms with E-state index in [0.29, 0.717) is 6.42 Å². The minimum absolute atomic E-state index is 0.220. The van der Waals surface area contributed by atoms with Crippen molar-refractivity contribution in [1.82, 2.24) is 0 Å². The number of aliphatic carboxylic acids is 1. The van der Waals surface area contributed by atoms with Crippen molar-refractivity contribution < 1.29 is 14.6 Å². The molecule has 0 aromatic heterocycles. The Kier molecular flexibility index (Phi) is 4.22. The fraction of sp³-hybridized carbons (Fsp3) is 0.900. The van der Waals surface area contributed by atoms with E-state index in [0.717, 1.165) is 25.7 Å². The Morgan fingerprint density at radius 3 is 2.69 bits per heavy atom. The Bertz CT molecular complexity index is 164. The van der Waals surface area contributed by atoms with E-state index in [9.17, 15) is 4.79 Å². The highest BCUT2D eigenvalue weighted by Gasteiger charge is 2.26. The molecule has 0 bridgehead atoms. The summed E-state index contributed by atoms with van der Waals surface area (Å²) in [4.78, 5) is 10.8. The van der Waals surface area contributed by atoms with Crippen molar-refractivity contribution in [2.45, 2.75) is 57.7 Å². The standard InChI is InChI=1S/C10H18O3/c1-2-3-7-9(10(11)12)13-8-5-4-6-8/h8-9H,2-7H2,1H3,(H,11,12). The molecule has 76 valence electrons. The first-order valence-corrected chi connectivity index (χ1v) is 5.12. The number of carboxylic acids is 1. The quantitative estimate of drug-likeness (QED) is 0.691. The topological polar surface area (TPSA) is 46.5 Å². The third-order valence-electron chi connectivity index (χ3n) is 2.50. The molecular formula is C10H18O3. The van der Waals surface area contributed by atoms with Crippen LogP contribution in [0.3, 0.4) is 0 Å². The van der Waals surface area contributed by atoms with E-state index in [1.54, 1.807) is 0 Å². The molecule has 0 amide bonds. The third-order valence-corrected chi connectivity index (χ3v) is 2.50. The van der Waals surface area contributed by atoms with E-state index in [4.69, 9.17) is 9.84 Å². The molecule has 3 heteroatoms. The monoisotopic (exact) mass is 186 g/mol. The zero-order chi connectivity index (χ0) is 9.68. The van der Waals surface area contributed by atoms with Gasteiger partial charge in [-0.05, 0) is 25.7 Å². The second-order valence-electron chi connectivity index (χ2n) is 3.66. The van der Waals surface area contributed by atoms with Crippen molar-refractivity contribution >= 4 is 5.97 Å². The van der Waals surface area contributed by atoms with Gasteiger partial charge < -0.3 is 9.84 Å². The molecular weight excluding hydrogens is 168 g/mol.